The summed E-state index contributed by atoms with van der Waals surface area (Å²) < 4.78 is 9.35. The van der Waals surface area contributed by atoms with E-state index in [1.54, 1.807) is 0 Å². The Morgan fingerprint density at radius 2 is 2.18 bits per heavy atom. The van der Waals surface area contributed by atoms with Crippen molar-refractivity contribution in [3.8, 4) is 11.8 Å². The van der Waals surface area contributed by atoms with E-state index in [-0.39, 0.29) is 17.3 Å². The lowest BCUT2D eigenvalue weighted by molar-refractivity contribution is 0.365. The molecule has 5 heteroatoms. The molecule has 0 atom stereocenters. The maximum Gasteiger partial charge on any atom is 0.296 e. The molecular formula is C6H8N2O3. The van der Waals surface area contributed by atoms with Gasteiger partial charge in [0.2, 0.25) is 5.75 Å². The fourth-order valence-corrected chi connectivity index (χ4v) is 0.616. The normalized spacial score (nSPS) is 9.27. The largest absolute Gasteiger partial charge is 0.490 e. The molecule has 5 nitrogen and oxygen atoms in total. The molecule has 0 spiro atoms. The van der Waals surface area contributed by atoms with Crippen LogP contribution in [0, 0.1) is 0 Å². The Bertz CT molecular complexity index is 294. The van der Waals surface area contributed by atoms with Gasteiger partial charge in [-0.05, 0) is 0 Å². The van der Waals surface area contributed by atoms with Crippen LogP contribution in [0.4, 0.5) is 0 Å². The minimum absolute atomic E-state index is 0.172. The van der Waals surface area contributed by atoms with Gasteiger partial charge in [0.15, 0.2) is 0 Å². The Hall–Kier alpha value is -1.52. The third-order valence-electron chi connectivity index (χ3n) is 1.16. The quantitative estimate of drug-likeness (QED) is 0.643. The van der Waals surface area contributed by atoms with Gasteiger partial charge in [0.25, 0.3) is 11.6 Å². The molecule has 0 unspecified atom stereocenters. The zero-order valence-electron chi connectivity index (χ0n) is 6.25. The van der Waals surface area contributed by atoms with Crippen molar-refractivity contribution in [3.05, 3.63) is 16.6 Å². The zero-order chi connectivity index (χ0) is 8.27. The molecule has 1 rings (SSSR count). The monoisotopic (exact) mass is 156 g/mol. The average Bonchev–Trinajstić information content (AvgIpc) is 2.04. The third-order valence-corrected chi connectivity index (χ3v) is 1.16. The molecule has 0 saturated heterocycles. The van der Waals surface area contributed by atoms with Gasteiger partial charge in [-0.15, -0.1) is 0 Å². The number of aromatic amines is 1. The maximum atomic E-state index is 10.9. The van der Waals surface area contributed by atoms with E-state index in [9.17, 15) is 4.79 Å². The predicted molar refractivity (Wildman–Crippen MR) is 38.0 cm³/mol. The van der Waals surface area contributed by atoms with E-state index in [1.807, 2.05) is 0 Å². The van der Waals surface area contributed by atoms with Gasteiger partial charge in [-0.1, -0.05) is 0 Å². The first-order valence-corrected chi connectivity index (χ1v) is 2.95. The summed E-state index contributed by atoms with van der Waals surface area (Å²) in [5, 5.41) is 0. The van der Waals surface area contributed by atoms with E-state index in [0.29, 0.717) is 0 Å². The van der Waals surface area contributed by atoms with Crippen LogP contribution in [-0.4, -0.2) is 24.2 Å². The summed E-state index contributed by atoms with van der Waals surface area (Å²) >= 11 is 0. The van der Waals surface area contributed by atoms with Gasteiger partial charge in [0.05, 0.1) is 20.4 Å². The predicted octanol–water partition coefficient (Wildman–Crippen LogP) is -0.213. The summed E-state index contributed by atoms with van der Waals surface area (Å²) in [6, 6.07) is 0.177. The summed E-state index contributed by atoms with van der Waals surface area (Å²) in [6.45, 7) is 0. The van der Waals surface area contributed by atoms with Crippen molar-refractivity contribution in [3.63, 3.8) is 0 Å². The molecule has 1 N–H and O–H groups in total. The minimum atomic E-state index is -0.348. The second-order valence-corrected chi connectivity index (χ2v) is 1.79. The number of rotatable bonds is 2. The number of ether oxygens (including phenoxy) is 2. The Labute approximate surface area is 63.0 Å². The molecule has 0 amide bonds. The SMILES string of the molecule is COc1ncc(OC)c(=O)[nH]1. The number of hydrogen-bond acceptors (Lipinski definition) is 4. The number of H-pyrrole nitrogens is 1. The highest BCUT2D eigenvalue weighted by Gasteiger charge is 1.99. The van der Waals surface area contributed by atoms with Crippen molar-refractivity contribution >= 4 is 0 Å². The second kappa shape index (κ2) is 3.05. The highest BCUT2D eigenvalue weighted by Crippen LogP contribution is 2.01. The minimum Gasteiger partial charge on any atom is -0.490 e. The van der Waals surface area contributed by atoms with Crippen LogP contribution in [-0.2, 0) is 0 Å². The van der Waals surface area contributed by atoms with E-state index in [2.05, 4.69) is 19.4 Å². The van der Waals surface area contributed by atoms with Crippen molar-refractivity contribution in [1.82, 2.24) is 9.97 Å². The van der Waals surface area contributed by atoms with E-state index in [4.69, 9.17) is 0 Å². The topological polar surface area (TPSA) is 64.2 Å². The van der Waals surface area contributed by atoms with Crippen LogP contribution in [0.3, 0.4) is 0 Å². The first-order valence-electron chi connectivity index (χ1n) is 2.95. The molecule has 0 fully saturated rings. The molecule has 0 bridgehead atoms. The lowest BCUT2D eigenvalue weighted by Crippen LogP contribution is -2.10. The van der Waals surface area contributed by atoms with Gasteiger partial charge < -0.3 is 9.47 Å². The van der Waals surface area contributed by atoms with Gasteiger partial charge in [-0.25, -0.2) is 4.98 Å². The zero-order valence-corrected chi connectivity index (χ0v) is 6.25. The Morgan fingerprint density at radius 1 is 1.45 bits per heavy atom. The van der Waals surface area contributed by atoms with Crippen molar-refractivity contribution in [1.29, 1.82) is 0 Å². The van der Waals surface area contributed by atoms with Gasteiger partial charge >= 0.3 is 0 Å². The van der Waals surface area contributed by atoms with Gasteiger partial charge in [-0.3, -0.25) is 9.78 Å². The van der Waals surface area contributed by atoms with E-state index < -0.39 is 0 Å². The van der Waals surface area contributed by atoms with Crippen LogP contribution in [0.15, 0.2) is 11.0 Å². The van der Waals surface area contributed by atoms with Crippen molar-refractivity contribution < 1.29 is 9.47 Å². The maximum absolute atomic E-state index is 10.9. The van der Waals surface area contributed by atoms with Crippen molar-refractivity contribution in [2.45, 2.75) is 0 Å². The summed E-state index contributed by atoms with van der Waals surface area (Å²) in [5.74, 6) is 0.172. The van der Waals surface area contributed by atoms with Crippen molar-refractivity contribution in [2.75, 3.05) is 14.2 Å². The Kier molecular flexibility index (Phi) is 2.10. The number of nitrogens with zero attached hydrogens (tertiary/aromatic N) is 1. The Morgan fingerprint density at radius 3 is 2.64 bits per heavy atom. The standard InChI is InChI=1S/C6H8N2O3/c1-10-4-3-7-6(11-2)8-5(4)9/h3H,1-2H3,(H,7,8,9). The van der Waals surface area contributed by atoms with Crippen LogP contribution >= 0.6 is 0 Å². The molecule has 0 aliphatic heterocycles. The molecular weight excluding hydrogens is 148 g/mol. The number of hydrogen-bond donors (Lipinski definition) is 1. The summed E-state index contributed by atoms with van der Waals surface area (Å²) in [4.78, 5) is 17.0. The first-order chi connectivity index (χ1) is 5.27. The summed E-state index contributed by atoms with van der Waals surface area (Å²) in [6.07, 6.45) is 1.30. The molecule has 0 aliphatic carbocycles. The highest BCUT2D eigenvalue weighted by atomic mass is 16.5. The molecule has 60 valence electrons. The molecule has 0 radical (unpaired) electrons. The molecule has 0 saturated carbocycles. The smallest absolute Gasteiger partial charge is 0.296 e. The van der Waals surface area contributed by atoms with E-state index >= 15 is 0 Å². The number of methoxy groups -OCH3 is 2. The van der Waals surface area contributed by atoms with Crippen LogP contribution in [0.25, 0.3) is 0 Å². The fourth-order valence-electron chi connectivity index (χ4n) is 0.616. The van der Waals surface area contributed by atoms with Crippen LogP contribution in [0.2, 0.25) is 0 Å². The molecule has 1 heterocycles. The second-order valence-electron chi connectivity index (χ2n) is 1.79. The average molecular weight is 156 g/mol. The van der Waals surface area contributed by atoms with E-state index in [0.717, 1.165) is 0 Å². The van der Waals surface area contributed by atoms with Crippen molar-refractivity contribution in [2.24, 2.45) is 0 Å². The molecule has 1 aromatic rings. The highest BCUT2D eigenvalue weighted by molar-refractivity contribution is 5.13. The molecule has 11 heavy (non-hydrogen) atoms. The first kappa shape index (κ1) is 7.59. The molecule has 0 aromatic carbocycles. The van der Waals surface area contributed by atoms with Crippen LogP contribution in [0.1, 0.15) is 0 Å². The number of nitrogens with one attached hydrogen (secondary N) is 1. The van der Waals surface area contributed by atoms with Gasteiger partial charge in [0.1, 0.15) is 0 Å². The van der Waals surface area contributed by atoms with Gasteiger partial charge in [0, 0.05) is 0 Å². The lowest BCUT2D eigenvalue weighted by atomic mass is 10.6. The fraction of sp³-hybridized carbons (Fsp3) is 0.333. The third kappa shape index (κ3) is 1.49. The van der Waals surface area contributed by atoms with Gasteiger partial charge in [-0.2, -0.15) is 0 Å². The summed E-state index contributed by atoms with van der Waals surface area (Å²) in [5.41, 5.74) is -0.348. The molecule has 0 aliphatic rings. The number of aromatic nitrogens is 2. The van der Waals surface area contributed by atoms with E-state index in [1.165, 1.54) is 20.4 Å². The summed E-state index contributed by atoms with van der Waals surface area (Å²) in [7, 11) is 2.82. The lowest BCUT2D eigenvalue weighted by Gasteiger charge is -1.98. The molecule has 1 aromatic heterocycles. The van der Waals surface area contributed by atoms with Crippen LogP contribution in [0.5, 0.6) is 11.8 Å². The Balaban J connectivity index is 3.10. The van der Waals surface area contributed by atoms with Crippen LogP contribution < -0.4 is 15.0 Å².